The van der Waals surface area contributed by atoms with Gasteiger partial charge in [0.1, 0.15) is 11.9 Å². The van der Waals surface area contributed by atoms with Crippen molar-refractivity contribution in [2.45, 2.75) is 31.8 Å². The lowest BCUT2D eigenvalue weighted by atomic mass is 10.0. The standard InChI is InChI=1S/C28H31FN2O4/c1-30-28(33)24(17-20-9-5-4-6-10-20)31(19-22-11-7-8-12-23(22)29)27(32)16-14-21-13-15-25(34-2)26(18-21)35-3/h4-13,15,18,24H,14,16-17,19H2,1-3H3,(H,30,33). The Labute approximate surface area is 205 Å². The van der Waals surface area contributed by atoms with Gasteiger partial charge in [0.2, 0.25) is 11.8 Å². The molecule has 0 aliphatic heterocycles. The first kappa shape index (κ1) is 25.7. The fraction of sp³-hybridized carbons (Fsp3) is 0.286. The third-order valence-electron chi connectivity index (χ3n) is 5.89. The van der Waals surface area contributed by atoms with Gasteiger partial charge in [0.25, 0.3) is 0 Å². The zero-order valence-electron chi connectivity index (χ0n) is 20.3. The number of aryl methyl sites for hydroxylation is 1. The molecule has 1 N–H and O–H groups in total. The number of nitrogens with one attached hydrogen (secondary N) is 1. The molecule has 0 spiro atoms. The third-order valence-corrected chi connectivity index (χ3v) is 5.89. The van der Waals surface area contributed by atoms with Gasteiger partial charge in [-0.25, -0.2) is 4.39 Å². The second-order valence-corrected chi connectivity index (χ2v) is 8.12. The summed E-state index contributed by atoms with van der Waals surface area (Å²) in [6.07, 6.45) is 0.891. The second-order valence-electron chi connectivity index (χ2n) is 8.12. The highest BCUT2D eigenvalue weighted by Crippen LogP contribution is 2.28. The predicted octanol–water partition coefficient (Wildman–Crippen LogP) is 4.16. The molecular formula is C28H31FN2O4. The lowest BCUT2D eigenvalue weighted by molar-refractivity contribution is -0.141. The van der Waals surface area contributed by atoms with E-state index in [1.807, 2.05) is 42.5 Å². The molecule has 1 unspecified atom stereocenters. The molecule has 0 saturated carbocycles. The topological polar surface area (TPSA) is 67.9 Å². The quantitative estimate of drug-likeness (QED) is 0.449. The van der Waals surface area contributed by atoms with Crippen molar-refractivity contribution in [1.29, 1.82) is 0 Å². The number of carbonyl (C=O) groups is 2. The van der Waals surface area contributed by atoms with Crippen LogP contribution in [0.1, 0.15) is 23.1 Å². The van der Waals surface area contributed by atoms with Crippen LogP contribution in [-0.2, 0) is 29.0 Å². The number of likely N-dealkylation sites (N-methyl/N-ethyl adjacent to an activating group) is 1. The third kappa shape index (κ3) is 6.82. The molecule has 0 saturated heterocycles. The minimum atomic E-state index is -0.792. The van der Waals surface area contributed by atoms with E-state index in [1.54, 1.807) is 38.5 Å². The summed E-state index contributed by atoms with van der Waals surface area (Å²) >= 11 is 0. The summed E-state index contributed by atoms with van der Waals surface area (Å²) in [6.45, 7) is -0.0115. The Morgan fingerprint density at radius 2 is 1.60 bits per heavy atom. The molecule has 184 valence electrons. The first-order valence-corrected chi connectivity index (χ1v) is 11.5. The highest BCUT2D eigenvalue weighted by atomic mass is 19.1. The van der Waals surface area contributed by atoms with Crippen LogP contribution in [0.3, 0.4) is 0 Å². The van der Waals surface area contributed by atoms with Crippen LogP contribution in [0.4, 0.5) is 4.39 Å². The molecule has 0 fully saturated rings. The lowest BCUT2D eigenvalue weighted by Crippen LogP contribution is -2.49. The molecular weight excluding hydrogens is 447 g/mol. The monoisotopic (exact) mass is 478 g/mol. The van der Waals surface area contributed by atoms with Gasteiger partial charge in [0.05, 0.1) is 14.2 Å². The first-order chi connectivity index (χ1) is 17.0. The average molecular weight is 479 g/mol. The predicted molar refractivity (Wildman–Crippen MR) is 133 cm³/mol. The second kappa shape index (κ2) is 12.6. The summed E-state index contributed by atoms with van der Waals surface area (Å²) in [7, 11) is 4.66. The zero-order chi connectivity index (χ0) is 25.2. The first-order valence-electron chi connectivity index (χ1n) is 11.5. The maximum Gasteiger partial charge on any atom is 0.242 e. The molecule has 3 aromatic carbocycles. The molecule has 0 aliphatic rings. The maximum atomic E-state index is 14.5. The molecule has 3 rings (SSSR count). The van der Waals surface area contributed by atoms with E-state index >= 15 is 0 Å². The molecule has 0 aliphatic carbocycles. The molecule has 2 amide bonds. The highest BCUT2D eigenvalue weighted by molar-refractivity contribution is 5.88. The number of halogens is 1. The van der Waals surface area contributed by atoms with E-state index in [4.69, 9.17) is 9.47 Å². The maximum absolute atomic E-state index is 14.5. The Morgan fingerprint density at radius 1 is 0.914 bits per heavy atom. The number of hydrogen-bond acceptors (Lipinski definition) is 4. The van der Waals surface area contributed by atoms with E-state index in [9.17, 15) is 14.0 Å². The normalized spacial score (nSPS) is 11.4. The molecule has 35 heavy (non-hydrogen) atoms. The number of benzene rings is 3. The molecule has 7 heteroatoms. The van der Waals surface area contributed by atoms with E-state index in [-0.39, 0.29) is 24.8 Å². The van der Waals surface area contributed by atoms with Gasteiger partial charge in [-0.15, -0.1) is 0 Å². The van der Waals surface area contributed by atoms with Crippen molar-refractivity contribution in [3.8, 4) is 11.5 Å². The molecule has 0 bridgehead atoms. The van der Waals surface area contributed by atoms with Crippen molar-refractivity contribution in [2.24, 2.45) is 0 Å². The van der Waals surface area contributed by atoms with Crippen molar-refractivity contribution >= 4 is 11.8 Å². The Kier molecular flexibility index (Phi) is 9.23. The summed E-state index contributed by atoms with van der Waals surface area (Å²) in [5.74, 6) is 0.220. The molecule has 0 aromatic heterocycles. The number of methoxy groups -OCH3 is 2. The Bertz CT molecular complexity index is 1140. The summed E-state index contributed by atoms with van der Waals surface area (Å²) < 4.78 is 25.2. The van der Waals surface area contributed by atoms with Crippen LogP contribution >= 0.6 is 0 Å². The van der Waals surface area contributed by atoms with Crippen LogP contribution in [0.2, 0.25) is 0 Å². The molecule has 6 nitrogen and oxygen atoms in total. The van der Waals surface area contributed by atoms with E-state index in [0.717, 1.165) is 11.1 Å². The number of amides is 2. The SMILES string of the molecule is CNC(=O)C(Cc1ccccc1)N(Cc1ccccc1F)C(=O)CCc1ccc(OC)c(OC)c1. The van der Waals surface area contributed by atoms with Crippen molar-refractivity contribution < 1.29 is 23.5 Å². The molecule has 0 heterocycles. The van der Waals surface area contributed by atoms with Gasteiger partial charge >= 0.3 is 0 Å². The summed E-state index contributed by atoms with van der Waals surface area (Å²) in [5, 5.41) is 2.67. The molecule has 1 atom stereocenters. The lowest BCUT2D eigenvalue weighted by Gasteiger charge is -2.31. The van der Waals surface area contributed by atoms with Gasteiger partial charge in [-0.05, 0) is 35.7 Å². The van der Waals surface area contributed by atoms with Gasteiger partial charge in [-0.1, -0.05) is 54.6 Å². The zero-order valence-corrected chi connectivity index (χ0v) is 20.3. The van der Waals surface area contributed by atoms with E-state index in [0.29, 0.717) is 29.9 Å². The molecule has 3 aromatic rings. The van der Waals surface area contributed by atoms with Gasteiger partial charge < -0.3 is 19.7 Å². The van der Waals surface area contributed by atoms with Gasteiger partial charge in [-0.2, -0.15) is 0 Å². The van der Waals surface area contributed by atoms with Crippen LogP contribution in [0.5, 0.6) is 11.5 Å². The van der Waals surface area contributed by atoms with Crippen molar-refractivity contribution in [3.63, 3.8) is 0 Å². The van der Waals surface area contributed by atoms with Gasteiger partial charge in [0.15, 0.2) is 11.5 Å². The van der Waals surface area contributed by atoms with E-state index in [1.165, 1.54) is 18.0 Å². The highest BCUT2D eigenvalue weighted by Gasteiger charge is 2.30. The van der Waals surface area contributed by atoms with Crippen LogP contribution < -0.4 is 14.8 Å². The number of carbonyl (C=O) groups excluding carboxylic acids is 2. The average Bonchev–Trinajstić information content (AvgIpc) is 2.90. The fourth-order valence-electron chi connectivity index (χ4n) is 3.96. The number of ether oxygens (including phenoxy) is 2. The Morgan fingerprint density at radius 3 is 2.26 bits per heavy atom. The smallest absolute Gasteiger partial charge is 0.242 e. The number of nitrogens with zero attached hydrogens (tertiary/aromatic N) is 1. The number of hydrogen-bond donors (Lipinski definition) is 1. The Balaban J connectivity index is 1.88. The largest absolute Gasteiger partial charge is 0.493 e. The van der Waals surface area contributed by atoms with Crippen LogP contribution in [0.15, 0.2) is 72.8 Å². The van der Waals surface area contributed by atoms with Gasteiger partial charge in [0, 0.05) is 32.0 Å². The van der Waals surface area contributed by atoms with E-state index < -0.39 is 11.9 Å². The van der Waals surface area contributed by atoms with Crippen LogP contribution in [0, 0.1) is 5.82 Å². The van der Waals surface area contributed by atoms with Crippen molar-refractivity contribution in [1.82, 2.24) is 10.2 Å². The van der Waals surface area contributed by atoms with Gasteiger partial charge in [-0.3, -0.25) is 9.59 Å². The minimum Gasteiger partial charge on any atom is -0.493 e. The van der Waals surface area contributed by atoms with Crippen molar-refractivity contribution in [2.75, 3.05) is 21.3 Å². The minimum absolute atomic E-state index is 0.0115. The Hall–Kier alpha value is -3.87. The van der Waals surface area contributed by atoms with Crippen LogP contribution in [-0.4, -0.2) is 44.0 Å². The van der Waals surface area contributed by atoms with Crippen LogP contribution in [0.25, 0.3) is 0 Å². The van der Waals surface area contributed by atoms with Crippen molar-refractivity contribution in [3.05, 3.63) is 95.3 Å². The number of rotatable bonds is 11. The molecule has 0 radical (unpaired) electrons. The summed E-state index contributed by atoms with van der Waals surface area (Å²) in [6, 6.07) is 20.5. The summed E-state index contributed by atoms with van der Waals surface area (Å²) in [5.41, 5.74) is 2.16. The summed E-state index contributed by atoms with van der Waals surface area (Å²) in [4.78, 5) is 27.9. The van der Waals surface area contributed by atoms with E-state index in [2.05, 4.69) is 5.32 Å². The fourth-order valence-corrected chi connectivity index (χ4v) is 3.96.